The Hall–Kier alpha value is -3.62. The largest absolute Gasteiger partial charge is 0.872 e. The summed E-state index contributed by atoms with van der Waals surface area (Å²) in [6.45, 7) is 0. The van der Waals surface area contributed by atoms with Gasteiger partial charge in [0.2, 0.25) is 0 Å². The summed E-state index contributed by atoms with van der Waals surface area (Å²) in [5.41, 5.74) is 7.26. The molecular formula is C14H10N4O5-2. The Balaban J connectivity index is 2.18. The first-order chi connectivity index (χ1) is 10.9. The lowest BCUT2D eigenvalue weighted by Crippen LogP contribution is -2.19. The zero-order chi connectivity index (χ0) is 17.0. The van der Waals surface area contributed by atoms with E-state index in [1.807, 2.05) is 0 Å². The number of nitrogens with two attached hydrogens (primary N) is 1. The van der Waals surface area contributed by atoms with E-state index in [1.165, 1.54) is 12.1 Å². The molecule has 0 radical (unpaired) electrons. The second-order valence-corrected chi connectivity index (χ2v) is 4.40. The van der Waals surface area contributed by atoms with E-state index in [0.717, 1.165) is 12.3 Å². The molecule has 0 aromatic heterocycles. The number of hydrogen-bond donors (Lipinski definition) is 2. The van der Waals surface area contributed by atoms with Crippen LogP contribution in [-0.2, 0) is 0 Å². The van der Waals surface area contributed by atoms with Crippen LogP contribution in [0.25, 0.3) is 0 Å². The Morgan fingerprint density at radius 1 is 1.22 bits per heavy atom. The molecule has 3 N–H and O–H groups in total. The number of carbonyl (C=O) groups is 1. The first-order valence-corrected chi connectivity index (χ1v) is 6.24. The third-order valence-corrected chi connectivity index (χ3v) is 2.86. The second kappa shape index (κ2) is 6.43. The number of nitro benzene ring substituents is 1. The summed E-state index contributed by atoms with van der Waals surface area (Å²) in [5, 5.41) is 37.0. The van der Waals surface area contributed by atoms with E-state index < -0.39 is 28.0 Å². The molecule has 2 aromatic carbocycles. The first-order valence-electron chi connectivity index (χ1n) is 6.24. The van der Waals surface area contributed by atoms with Crippen molar-refractivity contribution in [3.63, 3.8) is 0 Å². The summed E-state index contributed by atoms with van der Waals surface area (Å²) in [4.78, 5) is 21.6. The van der Waals surface area contributed by atoms with Crippen molar-refractivity contribution in [2.45, 2.75) is 0 Å². The molecule has 23 heavy (non-hydrogen) atoms. The van der Waals surface area contributed by atoms with Gasteiger partial charge in [-0.1, -0.05) is 18.2 Å². The molecule has 0 aliphatic rings. The number of para-hydroxylation sites is 1. The number of anilines is 1. The van der Waals surface area contributed by atoms with Gasteiger partial charge in [-0.3, -0.25) is 14.9 Å². The van der Waals surface area contributed by atoms with Crippen LogP contribution in [0.4, 0.5) is 11.4 Å². The highest BCUT2D eigenvalue weighted by molar-refractivity contribution is 5.99. The third-order valence-electron chi connectivity index (χ3n) is 2.86. The molecule has 0 saturated heterocycles. The van der Waals surface area contributed by atoms with E-state index in [1.54, 1.807) is 12.1 Å². The number of nitrogens with one attached hydrogen (secondary N) is 1. The molecule has 0 atom stereocenters. The summed E-state index contributed by atoms with van der Waals surface area (Å²) < 4.78 is 0. The molecule has 0 heterocycles. The highest BCUT2D eigenvalue weighted by Gasteiger charge is 2.09. The minimum Gasteiger partial charge on any atom is -0.872 e. The summed E-state index contributed by atoms with van der Waals surface area (Å²) in [6.07, 6.45) is 0.922. The van der Waals surface area contributed by atoms with Gasteiger partial charge in [0.25, 0.3) is 11.6 Å². The number of hydrazone groups is 1. The minimum absolute atomic E-state index is 0.188. The van der Waals surface area contributed by atoms with Crippen molar-refractivity contribution in [3.05, 3.63) is 57.6 Å². The van der Waals surface area contributed by atoms with Gasteiger partial charge in [-0.15, -0.1) is 5.75 Å². The van der Waals surface area contributed by atoms with Gasteiger partial charge in [0.15, 0.2) is 0 Å². The molecule has 118 valence electrons. The minimum atomic E-state index is -0.988. The van der Waals surface area contributed by atoms with E-state index in [2.05, 4.69) is 10.5 Å². The fourth-order valence-corrected chi connectivity index (χ4v) is 1.73. The van der Waals surface area contributed by atoms with Crippen molar-refractivity contribution in [2.75, 3.05) is 5.73 Å². The van der Waals surface area contributed by atoms with E-state index in [4.69, 9.17) is 5.73 Å². The number of benzene rings is 2. The third kappa shape index (κ3) is 3.53. The fraction of sp³-hybridized carbons (Fsp3) is 0. The quantitative estimate of drug-likeness (QED) is 0.352. The maximum absolute atomic E-state index is 11.8. The molecule has 9 nitrogen and oxygen atoms in total. The highest BCUT2D eigenvalue weighted by atomic mass is 16.6. The number of rotatable bonds is 4. The van der Waals surface area contributed by atoms with E-state index >= 15 is 0 Å². The summed E-state index contributed by atoms with van der Waals surface area (Å²) in [7, 11) is 0. The molecule has 0 aliphatic carbocycles. The predicted octanol–water partition coefficient (Wildman–Crippen LogP) is 0.0881. The van der Waals surface area contributed by atoms with Crippen LogP contribution in [0.3, 0.4) is 0 Å². The number of hydrogen-bond acceptors (Lipinski definition) is 7. The molecular weight excluding hydrogens is 304 g/mol. The topological polar surface area (TPSA) is 157 Å². The number of nitrogen functional groups attached to an aromatic ring is 1. The van der Waals surface area contributed by atoms with Crippen molar-refractivity contribution in [1.29, 1.82) is 0 Å². The van der Waals surface area contributed by atoms with E-state index in [0.29, 0.717) is 6.07 Å². The number of amides is 1. The van der Waals surface area contributed by atoms with Crippen LogP contribution < -0.4 is 21.4 Å². The van der Waals surface area contributed by atoms with Gasteiger partial charge >= 0.3 is 0 Å². The molecule has 1 amide bonds. The smallest absolute Gasteiger partial charge is 0.273 e. The molecule has 0 spiro atoms. The van der Waals surface area contributed by atoms with Crippen LogP contribution in [0, 0.1) is 10.1 Å². The molecule has 9 heteroatoms. The highest BCUT2D eigenvalue weighted by Crippen LogP contribution is 2.28. The van der Waals surface area contributed by atoms with Crippen LogP contribution in [0.5, 0.6) is 11.5 Å². The lowest BCUT2D eigenvalue weighted by molar-refractivity contribution is -0.398. The summed E-state index contributed by atoms with van der Waals surface area (Å²) in [5.74, 6) is -2.34. The molecule has 0 aliphatic heterocycles. The molecule has 2 rings (SSSR count). The van der Waals surface area contributed by atoms with Crippen molar-refractivity contribution in [3.8, 4) is 11.5 Å². The van der Waals surface area contributed by atoms with Crippen LogP contribution in [0.2, 0.25) is 0 Å². The van der Waals surface area contributed by atoms with Gasteiger partial charge in [0, 0.05) is 11.8 Å². The average molecular weight is 314 g/mol. The SMILES string of the molecule is Nc1ccccc1C(=O)N/N=C/c1cc([N+](=O)[O-])c([O-])cc1[O-]. The van der Waals surface area contributed by atoms with Gasteiger partial charge in [-0.25, -0.2) is 5.43 Å². The summed E-state index contributed by atoms with van der Waals surface area (Å²) in [6, 6.07) is 7.68. The van der Waals surface area contributed by atoms with Crippen molar-refractivity contribution in [2.24, 2.45) is 5.10 Å². The van der Waals surface area contributed by atoms with Crippen molar-refractivity contribution in [1.82, 2.24) is 5.43 Å². The zero-order valence-corrected chi connectivity index (χ0v) is 11.6. The van der Waals surface area contributed by atoms with Gasteiger partial charge in [-0.2, -0.15) is 5.10 Å². The normalized spacial score (nSPS) is 10.6. The second-order valence-electron chi connectivity index (χ2n) is 4.40. The molecule has 0 saturated carbocycles. The Bertz CT molecular complexity index is 804. The molecule has 2 aromatic rings. The predicted molar refractivity (Wildman–Crippen MR) is 77.9 cm³/mol. The molecule has 0 bridgehead atoms. The first kappa shape index (κ1) is 15.8. The van der Waals surface area contributed by atoms with Crippen LogP contribution in [0.1, 0.15) is 15.9 Å². The van der Waals surface area contributed by atoms with Gasteiger partial charge in [0.1, 0.15) is 0 Å². The number of nitro groups is 1. The Kier molecular flexibility index (Phi) is 4.41. The maximum Gasteiger partial charge on any atom is 0.273 e. The van der Waals surface area contributed by atoms with E-state index in [-0.39, 0.29) is 16.8 Å². The van der Waals surface area contributed by atoms with Crippen LogP contribution >= 0.6 is 0 Å². The number of carbonyl (C=O) groups excluding carboxylic acids is 1. The zero-order valence-electron chi connectivity index (χ0n) is 11.6. The standard InChI is InChI=1S/C14H12N4O5/c15-10-4-2-1-3-9(10)14(21)17-16-7-8-5-11(18(22)23)13(20)6-12(8)19/h1-7,19-20H,15H2,(H,17,21)/p-2/b16-7+. The summed E-state index contributed by atoms with van der Waals surface area (Å²) >= 11 is 0. The van der Waals surface area contributed by atoms with Gasteiger partial charge in [-0.05, 0) is 23.4 Å². The number of nitrogens with zero attached hydrogens (tertiary/aromatic N) is 2. The van der Waals surface area contributed by atoms with E-state index in [9.17, 15) is 25.1 Å². The maximum atomic E-state index is 11.8. The van der Waals surface area contributed by atoms with Gasteiger partial charge < -0.3 is 15.9 Å². The lowest BCUT2D eigenvalue weighted by atomic mass is 10.2. The van der Waals surface area contributed by atoms with Crippen LogP contribution in [-0.4, -0.2) is 17.0 Å². The van der Waals surface area contributed by atoms with Crippen molar-refractivity contribution < 1.29 is 19.9 Å². The van der Waals surface area contributed by atoms with Crippen LogP contribution in [0.15, 0.2) is 41.5 Å². The molecule has 0 unspecified atom stereocenters. The lowest BCUT2D eigenvalue weighted by Gasteiger charge is -2.15. The van der Waals surface area contributed by atoms with Crippen molar-refractivity contribution >= 4 is 23.5 Å². The Morgan fingerprint density at radius 3 is 2.57 bits per heavy atom. The Morgan fingerprint density at radius 2 is 1.91 bits per heavy atom. The fourth-order valence-electron chi connectivity index (χ4n) is 1.73. The Labute approximate surface area is 129 Å². The van der Waals surface area contributed by atoms with Gasteiger partial charge in [0.05, 0.1) is 16.7 Å². The molecule has 0 fully saturated rings. The average Bonchev–Trinajstić information content (AvgIpc) is 2.49. The monoisotopic (exact) mass is 314 g/mol.